The van der Waals surface area contributed by atoms with Gasteiger partial charge >= 0.3 is 11.6 Å². The molecule has 2 N–H and O–H groups in total. The summed E-state index contributed by atoms with van der Waals surface area (Å²) >= 11 is 0. The van der Waals surface area contributed by atoms with Gasteiger partial charge in [-0.1, -0.05) is 0 Å². The fourth-order valence-electron chi connectivity index (χ4n) is 2.46. The monoisotopic (exact) mass is 306 g/mol. The lowest BCUT2D eigenvalue weighted by molar-refractivity contribution is -0.155. The Hall–Kier alpha value is -2.38. The van der Waals surface area contributed by atoms with E-state index in [4.69, 9.17) is 13.9 Å². The lowest BCUT2D eigenvalue weighted by atomic mass is 9.93. The lowest BCUT2D eigenvalue weighted by Crippen LogP contribution is -2.41. The van der Waals surface area contributed by atoms with Crippen LogP contribution in [0.4, 0.5) is 0 Å². The van der Waals surface area contributed by atoms with Gasteiger partial charge in [-0.05, 0) is 19.1 Å². The van der Waals surface area contributed by atoms with E-state index in [0.29, 0.717) is 16.5 Å². The number of rotatable bonds is 2. The SMILES string of the molecule is COc1cc2oc(=O)ccc2cc1[C@H]1OC(=O)[C@@](C)(O)[C@@H]1O. The summed E-state index contributed by atoms with van der Waals surface area (Å²) in [5.74, 6) is -0.636. The number of cyclic esters (lactones) is 1. The van der Waals surface area contributed by atoms with Crippen molar-refractivity contribution in [3.63, 3.8) is 0 Å². The van der Waals surface area contributed by atoms with Crippen molar-refractivity contribution in [3.8, 4) is 5.75 Å². The Morgan fingerprint density at radius 1 is 1.27 bits per heavy atom. The van der Waals surface area contributed by atoms with Gasteiger partial charge < -0.3 is 24.1 Å². The van der Waals surface area contributed by atoms with Gasteiger partial charge in [0.15, 0.2) is 11.7 Å². The second-order valence-electron chi connectivity index (χ2n) is 5.30. The summed E-state index contributed by atoms with van der Waals surface area (Å²) in [5.41, 5.74) is -1.81. The Labute approximate surface area is 124 Å². The van der Waals surface area contributed by atoms with E-state index in [1.54, 1.807) is 12.1 Å². The molecule has 116 valence electrons. The molecule has 0 spiro atoms. The van der Waals surface area contributed by atoms with Gasteiger partial charge in [-0.15, -0.1) is 0 Å². The minimum atomic E-state index is -1.99. The van der Waals surface area contributed by atoms with E-state index in [-0.39, 0.29) is 5.75 Å². The maximum atomic E-state index is 11.7. The molecule has 0 unspecified atom stereocenters. The van der Waals surface area contributed by atoms with Crippen LogP contribution in [0.1, 0.15) is 18.6 Å². The number of hydrogen-bond acceptors (Lipinski definition) is 7. The first-order valence-corrected chi connectivity index (χ1v) is 6.58. The zero-order valence-electron chi connectivity index (χ0n) is 11.9. The molecule has 7 heteroatoms. The molecule has 2 aromatic rings. The molecule has 1 aliphatic heterocycles. The normalized spacial score (nSPS) is 27.9. The molecule has 3 rings (SSSR count). The number of hydrogen-bond donors (Lipinski definition) is 2. The number of aliphatic hydroxyl groups is 2. The molecular weight excluding hydrogens is 292 g/mol. The van der Waals surface area contributed by atoms with Crippen LogP contribution >= 0.6 is 0 Å². The van der Waals surface area contributed by atoms with E-state index in [0.717, 1.165) is 0 Å². The molecule has 7 nitrogen and oxygen atoms in total. The second-order valence-corrected chi connectivity index (χ2v) is 5.30. The largest absolute Gasteiger partial charge is 0.496 e. The predicted molar refractivity (Wildman–Crippen MR) is 74.5 cm³/mol. The Kier molecular flexibility index (Phi) is 3.19. The van der Waals surface area contributed by atoms with Crippen molar-refractivity contribution in [1.29, 1.82) is 0 Å². The number of methoxy groups -OCH3 is 1. The van der Waals surface area contributed by atoms with Gasteiger partial charge in [-0.2, -0.15) is 0 Å². The van der Waals surface area contributed by atoms with Gasteiger partial charge in [-0.25, -0.2) is 9.59 Å². The van der Waals surface area contributed by atoms with Gasteiger partial charge in [0.1, 0.15) is 17.4 Å². The summed E-state index contributed by atoms with van der Waals surface area (Å²) in [4.78, 5) is 22.9. The third kappa shape index (κ3) is 2.06. The minimum absolute atomic E-state index is 0.274. The molecule has 1 aromatic heterocycles. The molecule has 1 aliphatic rings. The standard InChI is InChI=1S/C15H14O7/c1-15(19)13(17)12(22-14(15)18)8-5-7-3-4-11(16)21-9(7)6-10(8)20-2/h3-6,12-13,17,19H,1-2H3/t12-,13-,15+/m1/s1. The Balaban J connectivity index is 2.16. The molecule has 2 heterocycles. The van der Waals surface area contributed by atoms with E-state index in [1.165, 1.54) is 26.2 Å². The highest BCUT2D eigenvalue weighted by molar-refractivity contribution is 5.84. The third-order valence-electron chi connectivity index (χ3n) is 3.79. The highest BCUT2D eigenvalue weighted by Gasteiger charge is 2.54. The molecule has 1 aromatic carbocycles. The van der Waals surface area contributed by atoms with Crippen molar-refractivity contribution in [3.05, 3.63) is 40.2 Å². The van der Waals surface area contributed by atoms with E-state index in [9.17, 15) is 19.8 Å². The first-order valence-electron chi connectivity index (χ1n) is 6.58. The minimum Gasteiger partial charge on any atom is -0.496 e. The van der Waals surface area contributed by atoms with Gasteiger partial charge in [0.2, 0.25) is 0 Å². The summed E-state index contributed by atoms with van der Waals surface area (Å²) in [6.45, 7) is 1.19. The molecule has 0 radical (unpaired) electrons. The maximum absolute atomic E-state index is 11.7. The molecule has 0 saturated carbocycles. The van der Waals surface area contributed by atoms with Crippen LogP contribution in [0.15, 0.2) is 33.5 Å². The van der Waals surface area contributed by atoms with Gasteiger partial charge in [0.25, 0.3) is 0 Å². The fourth-order valence-corrected chi connectivity index (χ4v) is 2.46. The molecule has 3 atom stereocenters. The summed E-state index contributed by atoms with van der Waals surface area (Å²) in [6, 6.07) is 5.86. The number of benzene rings is 1. The second kappa shape index (κ2) is 4.82. The number of esters is 1. The van der Waals surface area contributed by atoms with Crippen molar-refractivity contribution in [2.75, 3.05) is 7.11 Å². The Morgan fingerprint density at radius 3 is 2.59 bits per heavy atom. The van der Waals surface area contributed by atoms with Gasteiger partial charge in [0.05, 0.1) is 7.11 Å². The maximum Gasteiger partial charge on any atom is 0.341 e. The van der Waals surface area contributed by atoms with Crippen molar-refractivity contribution in [1.82, 2.24) is 0 Å². The zero-order chi connectivity index (χ0) is 16.1. The van der Waals surface area contributed by atoms with E-state index >= 15 is 0 Å². The molecule has 0 bridgehead atoms. The van der Waals surface area contributed by atoms with Crippen molar-refractivity contribution < 1.29 is 28.9 Å². The number of carbonyl (C=O) groups is 1. The van der Waals surface area contributed by atoms with Crippen molar-refractivity contribution in [2.24, 2.45) is 0 Å². The zero-order valence-corrected chi connectivity index (χ0v) is 11.9. The number of carbonyl (C=O) groups excluding carboxylic acids is 1. The third-order valence-corrected chi connectivity index (χ3v) is 3.79. The van der Waals surface area contributed by atoms with Crippen molar-refractivity contribution in [2.45, 2.75) is 24.7 Å². The molecule has 1 fully saturated rings. The summed E-state index contributed by atoms with van der Waals surface area (Å²) in [5, 5.41) is 20.7. The van der Waals surface area contributed by atoms with E-state index in [2.05, 4.69) is 0 Å². The van der Waals surface area contributed by atoms with Crippen LogP contribution in [-0.4, -0.2) is 35.0 Å². The highest BCUT2D eigenvalue weighted by Crippen LogP contribution is 2.41. The van der Waals surface area contributed by atoms with Gasteiger partial charge in [-0.3, -0.25) is 0 Å². The van der Waals surface area contributed by atoms with Crippen molar-refractivity contribution >= 4 is 16.9 Å². The number of fused-ring (bicyclic) bond motifs is 1. The van der Waals surface area contributed by atoms with Gasteiger partial charge in [0, 0.05) is 23.1 Å². The van der Waals surface area contributed by atoms with E-state index in [1.807, 2.05) is 0 Å². The smallest absolute Gasteiger partial charge is 0.341 e. The average molecular weight is 306 g/mol. The molecular formula is C15H14O7. The predicted octanol–water partition coefficient (Wildman–Crippen LogP) is 0.511. The quantitative estimate of drug-likeness (QED) is 0.615. The highest BCUT2D eigenvalue weighted by atomic mass is 16.6. The van der Waals surface area contributed by atoms with Crippen LogP contribution in [0.5, 0.6) is 5.75 Å². The number of aliphatic hydroxyl groups excluding tert-OH is 1. The van der Waals surface area contributed by atoms with Crippen LogP contribution in [0.25, 0.3) is 11.0 Å². The topological polar surface area (TPSA) is 106 Å². The van der Waals surface area contributed by atoms with E-state index < -0.39 is 29.4 Å². The average Bonchev–Trinajstić information content (AvgIpc) is 2.69. The molecule has 1 saturated heterocycles. The number of ether oxygens (including phenoxy) is 2. The fraction of sp³-hybridized carbons (Fsp3) is 0.333. The first kappa shape index (κ1) is 14.6. The lowest BCUT2D eigenvalue weighted by Gasteiger charge is -2.20. The molecule has 22 heavy (non-hydrogen) atoms. The van der Waals surface area contributed by atoms with Crippen LogP contribution in [0.2, 0.25) is 0 Å². The Morgan fingerprint density at radius 2 is 2.00 bits per heavy atom. The van der Waals surface area contributed by atoms with Crippen LogP contribution in [0.3, 0.4) is 0 Å². The van der Waals surface area contributed by atoms with Crippen LogP contribution < -0.4 is 10.4 Å². The summed E-state index contributed by atoms with van der Waals surface area (Å²) in [7, 11) is 1.40. The molecule has 0 aliphatic carbocycles. The van der Waals surface area contributed by atoms with Crippen LogP contribution in [-0.2, 0) is 9.53 Å². The van der Waals surface area contributed by atoms with Crippen LogP contribution in [0, 0.1) is 0 Å². The summed E-state index contributed by atoms with van der Waals surface area (Å²) < 4.78 is 15.3. The summed E-state index contributed by atoms with van der Waals surface area (Å²) in [6.07, 6.45) is -2.52. The first-order chi connectivity index (χ1) is 10.3. The Bertz CT molecular complexity index is 805. The molecule has 0 amide bonds.